The summed E-state index contributed by atoms with van der Waals surface area (Å²) < 4.78 is 6.09. The zero-order valence-electron chi connectivity index (χ0n) is 11.3. The molecule has 6 nitrogen and oxygen atoms in total. The lowest BCUT2D eigenvalue weighted by Crippen LogP contribution is -2.32. The number of nitrogens with one attached hydrogen (secondary N) is 1. The summed E-state index contributed by atoms with van der Waals surface area (Å²) in [5, 5.41) is 2.43. The first kappa shape index (κ1) is 15.5. The number of hydrogen-bond donors (Lipinski definition) is 1. The van der Waals surface area contributed by atoms with Crippen LogP contribution in [-0.2, 0) is 20.9 Å². The molecule has 3 amide bonds. The van der Waals surface area contributed by atoms with Crippen molar-refractivity contribution in [1.82, 2.24) is 10.2 Å². The highest BCUT2D eigenvalue weighted by atomic mass is 79.9. The van der Waals surface area contributed by atoms with Gasteiger partial charge in [0.15, 0.2) is 0 Å². The molecule has 1 saturated heterocycles. The van der Waals surface area contributed by atoms with Gasteiger partial charge < -0.3 is 10.1 Å². The van der Waals surface area contributed by atoms with Crippen molar-refractivity contribution in [3.63, 3.8) is 0 Å². The molecule has 7 heteroatoms. The number of imide groups is 1. The molecule has 112 valence electrons. The Kier molecular flexibility index (Phi) is 5.32. The van der Waals surface area contributed by atoms with Crippen molar-refractivity contribution in [2.45, 2.75) is 19.4 Å². The highest BCUT2D eigenvalue weighted by Gasteiger charge is 2.27. The zero-order chi connectivity index (χ0) is 15.2. The fourth-order valence-electron chi connectivity index (χ4n) is 1.88. The van der Waals surface area contributed by atoms with E-state index in [1.54, 1.807) is 0 Å². The third-order valence-electron chi connectivity index (χ3n) is 3.01. The minimum atomic E-state index is -0.400. The van der Waals surface area contributed by atoms with Crippen molar-refractivity contribution in [2.24, 2.45) is 0 Å². The van der Waals surface area contributed by atoms with Gasteiger partial charge in [-0.05, 0) is 24.1 Å². The first-order chi connectivity index (χ1) is 10.1. The molecule has 1 aliphatic heterocycles. The van der Waals surface area contributed by atoms with Crippen molar-refractivity contribution in [3.8, 4) is 0 Å². The van der Waals surface area contributed by atoms with E-state index >= 15 is 0 Å². The number of benzene rings is 1. The van der Waals surface area contributed by atoms with Gasteiger partial charge in [0.2, 0.25) is 5.91 Å². The predicted octanol–water partition coefficient (Wildman–Crippen LogP) is 1.82. The van der Waals surface area contributed by atoms with Gasteiger partial charge >= 0.3 is 12.0 Å². The van der Waals surface area contributed by atoms with Crippen LogP contribution in [-0.4, -0.2) is 35.9 Å². The van der Waals surface area contributed by atoms with E-state index < -0.39 is 6.03 Å². The van der Waals surface area contributed by atoms with Crippen molar-refractivity contribution in [3.05, 3.63) is 34.3 Å². The predicted molar refractivity (Wildman–Crippen MR) is 78.3 cm³/mol. The number of hydrogen-bond acceptors (Lipinski definition) is 4. The first-order valence-corrected chi connectivity index (χ1v) is 7.34. The highest BCUT2D eigenvalue weighted by Crippen LogP contribution is 2.11. The van der Waals surface area contributed by atoms with E-state index in [1.165, 1.54) is 0 Å². The largest absolute Gasteiger partial charge is 0.461 e. The summed E-state index contributed by atoms with van der Waals surface area (Å²) in [4.78, 5) is 35.3. The minimum absolute atomic E-state index is 0.0346. The fraction of sp³-hybridized carbons (Fsp3) is 0.357. The van der Waals surface area contributed by atoms with Crippen LogP contribution in [0.1, 0.15) is 18.4 Å². The highest BCUT2D eigenvalue weighted by molar-refractivity contribution is 9.10. The number of amides is 3. The Morgan fingerprint density at radius 2 is 2.00 bits per heavy atom. The number of halogens is 1. The minimum Gasteiger partial charge on any atom is -0.461 e. The topological polar surface area (TPSA) is 75.7 Å². The average Bonchev–Trinajstić information content (AvgIpc) is 2.78. The molecule has 1 aromatic rings. The fourth-order valence-corrected chi connectivity index (χ4v) is 2.14. The molecular formula is C14H15BrN2O4. The second kappa shape index (κ2) is 7.21. The molecule has 1 heterocycles. The number of urea groups is 1. The van der Waals surface area contributed by atoms with Crippen LogP contribution < -0.4 is 5.32 Å². The van der Waals surface area contributed by atoms with Crippen LogP contribution in [0.3, 0.4) is 0 Å². The van der Waals surface area contributed by atoms with E-state index in [9.17, 15) is 14.4 Å². The molecule has 0 aliphatic carbocycles. The second-order valence-electron chi connectivity index (χ2n) is 4.59. The van der Waals surface area contributed by atoms with E-state index in [-0.39, 0.29) is 38.0 Å². The lowest BCUT2D eigenvalue weighted by Gasteiger charge is -2.11. The second-order valence-corrected chi connectivity index (χ2v) is 5.51. The number of rotatable bonds is 6. The van der Waals surface area contributed by atoms with E-state index in [0.29, 0.717) is 6.42 Å². The van der Waals surface area contributed by atoms with E-state index in [0.717, 1.165) is 14.9 Å². The maximum Gasteiger partial charge on any atom is 0.324 e. The van der Waals surface area contributed by atoms with Crippen LogP contribution in [0.2, 0.25) is 0 Å². The lowest BCUT2D eigenvalue weighted by atomic mass is 10.2. The Hall–Kier alpha value is -1.89. The molecule has 0 unspecified atom stereocenters. The summed E-state index contributed by atoms with van der Waals surface area (Å²) in [5.41, 5.74) is 0.903. The van der Waals surface area contributed by atoms with E-state index in [4.69, 9.17) is 4.74 Å². The molecule has 1 aliphatic rings. The normalized spacial score (nSPS) is 14.2. The summed E-state index contributed by atoms with van der Waals surface area (Å²) in [6.07, 6.45) is 0.575. The molecule has 0 radical (unpaired) electrons. The smallest absolute Gasteiger partial charge is 0.324 e. The van der Waals surface area contributed by atoms with Gasteiger partial charge in [-0.2, -0.15) is 0 Å². The van der Waals surface area contributed by atoms with Crippen LogP contribution in [0.5, 0.6) is 0 Å². The Morgan fingerprint density at radius 1 is 1.29 bits per heavy atom. The van der Waals surface area contributed by atoms with Gasteiger partial charge in [-0.3, -0.25) is 14.5 Å². The molecule has 1 N–H and O–H groups in total. The summed E-state index contributed by atoms with van der Waals surface area (Å²) >= 11 is 3.33. The Morgan fingerprint density at radius 3 is 2.62 bits per heavy atom. The number of carbonyl (C=O) groups excluding carboxylic acids is 3. The van der Waals surface area contributed by atoms with Gasteiger partial charge in [0.05, 0.1) is 6.54 Å². The van der Waals surface area contributed by atoms with Crippen LogP contribution in [0.15, 0.2) is 28.7 Å². The Balaban J connectivity index is 1.67. The van der Waals surface area contributed by atoms with Gasteiger partial charge in [0.1, 0.15) is 6.61 Å². The standard InChI is InChI=1S/C14H15BrN2O4/c15-11-5-3-10(4-6-11)9-21-13(19)2-1-7-17-12(18)8-16-14(17)20/h3-6H,1-2,7-9H2,(H,16,20). The van der Waals surface area contributed by atoms with Gasteiger partial charge in [0.25, 0.3) is 0 Å². The quantitative estimate of drug-likeness (QED) is 0.624. The molecule has 0 spiro atoms. The van der Waals surface area contributed by atoms with Gasteiger partial charge in [-0.15, -0.1) is 0 Å². The number of carbonyl (C=O) groups is 3. The van der Waals surface area contributed by atoms with Crippen LogP contribution >= 0.6 is 15.9 Å². The molecule has 1 aromatic carbocycles. The Bertz CT molecular complexity index is 528. The van der Waals surface area contributed by atoms with Crippen molar-refractivity contribution < 1.29 is 19.1 Å². The SMILES string of the molecule is O=C(CCCN1C(=O)CNC1=O)OCc1ccc(Br)cc1. The number of ether oxygens (including phenoxy) is 1. The van der Waals surface area contributed by atoms with Crippen LogP contribution in [0, 0.1) is 0 Å². The molecule has 0 bridgehead atoms. The molecular weight excluding hydrogens is 340 g/mol. The number of nitrogens with zero attached hydrogens (tertiary/aromatic N) is 1. The Labute approximate surface area is 130 Å². The van der Waals surface area contributed by atoms with Crippen LogP contribution in [0.25, 0.3) is 0 Å². The van der Waals surface area contributed by atoms with Crippen LogP contribution in [0.4, 0.5) is 4.79 Å². The summed E-state index contributed by atoms with van der Waals surface area (Å²) in [6.45, 7) is 0.486. The van der Waals surface area contributed by atoms with Gasteiger partial charge in [-0.1, -0.05) is 28.1 Å². The molecule has 0 atom stereocenters. The third kappa shape index (κ3) is 4.56. The zero-order valence-corrected chi connectivity index (χ0v) is 12.9. The molecule has 21 heavy (non-hydrogen) atoms. The maximum atomic E-state index is 11.6. The third-order valence-corrected chi connectivity index (χ3v) is 3.54. The molecule has 1 fully saturated rings. The van der Waals surface area contributed by atoms with E-state index in [1.807, 2.05) is 24.3 Å². The monoisotopic (exact) mass is 354 g/mol. The van der Waals surface area contributed by atoms with Crippen molar-refractivity contribution in [1.29, 1.82) is 0 Å². The van der Waals surface area contributed by atoms with E-state index in [2.05, 4.69) is 21.2 Å². The summed E-state index contributed by atoms with van der Waals surface area (Å²) in [7, 11) is 0. The average molecular weight is 355 g/mol. The van der Waals surface area contributed by atoms with Gasteiger partial charge in [-0.25, -0.2) is 4.79 Å². The molecule has 0 saturated carbocycles. The first-order valence-electron chi connectivity index (χ1n) is 6.54. The summed E-state index contributed by atoms with van der Waals surface area (Å²) in [6, 6.07) is 7.08. The van der Waals surface area contributed by atoms with Crippen molar-refractivity contribution in [2.75, 3.05) is 13.1 Å². The summed E-state index contributed by atoms with van der Waals surface area (Å²) in [5.74, 6) is -0.604. The number of esters is 1. The maximum absolute atomic E-state index is 11.6. The van der Waals surface area contributed by atoms with Gasteiger partial charge in [0, 0.05) is 17.4 Å². The molecule has 0 aromatic heterocycles. The lowest BCUT2D eigenvalue weighted by molar-refractivity contribution is -0.145. The van der Waals surface area contributed by atoms with Crippen molar-refractivity contribution >= 4 is 33.8 Å². The molecule has 2 rings (SSSR count).